The average Bonchev–Trinajstić information content (AvgIpc) is 2.57. The molecule has 4 nitrogen and oxygen atoms in total. The third-order valence-corrected chi connectivity index (χ3v) is 3.60. The minimum absolute atomic E-state index is 0.190. The molecule has 100 valence electrons. The molecule has 0 radical (unpaired) electrons. The lowest BCUT2D eigenvalue weighted by Crippen LogP contribution is -3.07. The van der Waals surface area contributed by atoms with Gasteiger partial charge in [0.05, 0.1) is 19.0 Å². The van der Waals surface area contributed by atoms with Crippen LogP contribution in [-0.4, -0.2) is 36.8 Å². The molecule has 19 heavy (non-hydrogen) atoms. The molecular weight excluding hydrogens is 260 g/mol. The summed E-state index contributed by atoms with van der Waals surface area (Å²) in [6.07, 6.45) is 1.78. The number of carbonyl (C=O) groups excluding carboxylic acids is 2. The van der Waals surface area contributed by atoms with Gasteiger partial charge in [-0.25, -0.2) is 4.90 Å². The second-order valence-electron chi connectivity index (χ2n) is 4.89. The Morgan fingerprint density at radius 3 is 2.68 bits per heavy atom. The van der Waals surface area contributed by atoms with E-state index >= 15 is 0 Å². The van der Waals surface area contributed by atoms with Gasteiger partial charge in [-0.3, -0.25) is 9.59 Å². The van der Waals surface area contributed by atoms with Crippen molar-refractivity contribution < 1.29 is 14.5 Å². The average molecular weight is 277 g/mol. The summed E-state index contributed by atoms with van der Waals surface area (Å²) >= 11 is 1.01. The van der Waals surface area contributed by atoms with Crippen LogP contribution in [0.4, 0.5) is 4.79 Å². The van der Waals surface area contributed by atoms with Crippen molar-refractivity contribution in [2.75, 3.05) is 20.8 Å². The molecule has 1 aliphatic heterocycles. The molecule has 1 aliphatic rings. The Bertz CT molecular complexity index is 552. The number of imide groups is 1. The molecule has 1 fully saturated rings. The Kier molecular flexibility index (Phi) is 4.07. The molecule has 1 heterocycles. The third kappa shape index (κ3) is 3.24. The second kappa shape index (κ2) is 5.59. The zero-order valence-corrected chi connectivity index (χ0v) is 12.1. The van der Waals surface area contributed by atoms with Crippen LogP contribution in [0.25, 0.3) is 6.08 Å². The summed E-state index contributed by atoms with van der Waals surface area (Å²) in [5.41, 5.74) is 2.08. The van der Waals surface area contributed by atoms with Crippen LogP contribution >= 0.6 is 11.8 Å². The van der Waals surface area contributed by atoms with Crippen molar-refractivity contribution in [3.63, 3.8) is 0 Å². The van der Waals surface area contributed by atoms with E-state index < -0.39 is 0 Å². The van der Waals surface area contributed by atoms with Crippen molar-refractivity contribution in [1.29, 1.82) is 0 Å². The highest BCUT2D eigenvalue weighted by Crippen LogP contribution is 2.31. The first-order valence-corrected chi connectivity index (χ1v) is 6.90. The second-order valence-corrected chi connectivity index (χ2v) is 5.88. The van der Waals surface area contributed by atoms with E-state index in [1.54, 1.807) is 6.08 Å². The Hall–Kier alpha value is -1.59. The maximum atomic E-state index is 12.1. The molecule has 0 aromatic heterocycles. The number of hydrogen-bond acceptors (Lipinski definition) is 3. The van der Waals surface area contributed by atoms with Crippen LogP contribution in [0.1, 0.15) is 11.1 Å². The Morgan fingerprint density at radius 1 is 1.32 bits per heavy atom. The summed E-state index contributed by atoms with van der Waals surface area (Å²) in [7, 11) is 3.82. The number of carbonyl (C=O) groups is 2. The first-order chi connectivity index (χ1) is 8.97. The molecule has 2 rings (SSSR count). The number of amides is 2. The predicted molar refractivity (Wildman–Crippen MR) is 76.7 cm³/mol. The summed E-state index contributed by atoms with van der Waals surface area (Å²) in [5, 5.41) is -0.190. The molecule has 0 unspecified atom stereocenters. The number of hydrogen-bond donors (Lipinski definition) is 1. The first kappa shape index (κ1) is 13.8. The van der Waals surface area contributed by atoms with Crippen molar-refractivity contribution in [3.05, 3.63) is 40.3 Å². The van der Waals surface area contributed by atoms with E-state index in [0.717, 1.165) is 27.8 Å². The van der Waals surface area contributed by atoms with Gasteiger partial charge >= 0.3 is 0 Å². The predicted octanol–water partition coefficient (Wildman–Crippen LogP) is 1.13. The molecule has 2 amide bonds. The van der Waals surface area contributed by atoms with Crippen molar-refractivity contribution in [3.8, 4) is 0 Å². The third-order valence-electron chi connectivity index (χ3n) is 2.69. The molecule has 0 aliphatic carbocycles. The lowest BCUT2D eigenvalue weighted by Gasteiger charge is -2.14. The highest BCUT2D eigenvalue weighted by molar-refractivity contribution is 8.18. The topological polar surface area (TPSA) is 41.8 Å². The normalized spacial score (nSPS) is 17.9. The fourth-order valence-electron chi connectivity index (χ4n) is 1.86. The molecule has 1 aromatic carbocycles. The van der Waals surface area contributed by atoms with Gasteiger partial charge in [-0.05, 0) is 30.3 Å². The lowest BCUT2D eigenvalue weighted by molar-refractivity contribution is -0.866. The van der Waals surface area contributed by atoms with E-state index in [2.05, 4.69) is 0 Å². The van der Waals surface area contributed by atoms with Crippen molar-refractivity contribution in [2.24, 2.45) is 0 Å². The minimum Gasteiger partial charge on any atom is -0.322 e. The van der Waals surface area contributed by atoms with E-state index in [1.807, 2.05) is 45.3 Å². The molecule has 0 atom stereocenters. The number of thioether (sulfide) groups is 1. The van der Waals surface area contributed by atoms with Crippen LogP contribution in [0.5, 0.6) is 0 Å². The lowest BCUT2D eigenvalue weighted by atomic mass is 10.1. The number of nitrogens with one attached hydrogen (secondary N) is 1. The van der Waals surface area contributed by atoms with Crippen molar-refractivity contribution >= 4 is 29.0 Å². The van der Waals surface area contributed by atoms with E-state index in [4.69, 9.17) is 0 Å². The summed E-state index contributed by atoms with van der Waals surface area (Å²) in [5.74, 6) is -0.197. The van der Waals surface area contributed by atoms with Gasteiger partial charge in [0, 0.05) is 0 Å². The standard InChI is InChI=1S/C14H16N2O2S/c1-10-5-4-6-11(7-10)8-12-13(17)16(9-15(2)3)14(18)19-12/h4-8H,9H2,1-3H3/p+1/b12-8+. The monoisotopic (exact) mass is 277 g/mol. The van der Waals surface area contributed by atoms with E-state index in [1.165, 1.54) is 4.90 Å². The van der Waals surface area contributed by atoms with Gasteiger partial charge < -0.3 is 4.90 Å². The summed E-state index contributed by atoms with van der Waals surface area (Å²) in [6.45, 7) is 2.40. The van der Waals surface area contributed by atoms with Crippen LogP contribution in [-0.2, 0) is 4.79 Å². The highest BCUT2D eigenvalue weighted by Gasteiger charge is 2.36. The number of benzene rings is 1. The van der Waals surface area contributed by atoms with Gasteiger partial charge in [-0.2, -0.15) is 0 Å². The number of aryl methyl sites for hydroxylation is 1. The van der Waals surface area contributed by atoms with E-state index in [9.17, 15) is 9.59 Å². The molecule has 0 spiro atoms. The van der Waals surface area contributed by atoms with Gasteiger partial charge in [0.25, 0.3) is 11.1 Å². The zero-order chi connectivity index (χ0) is 14.0. The molecule has 0 saturated carbocycles. The van der Waals surface area contributed by atoms with Crippen LogP contribution in [0.2, 0.25) is 0 Å². The maximum Gasteiger partial charge on any atom is 0.298 e. The fraction of sp³-hybridized carbons (Fsp3) is 0.286. The minimum atomic E-state index is -0.197. The van der Waals surface area contributed by atoms with Gasteiger partial charge in [0.1, 0.15) is 0 Å². The van der Waals surface area contributed by atoms with Crippen molar-refractivity contribution in [2.45, 2.75) is 6.92 Å². The van der Waals surface area contributed by atoms with Crippen molar-refractivity contribution in [1.82, 2.24) is 4.90 Å². The molecular formula is C14H17N2O2S+. The van der Waals surface area contributed by atoms with E-state index in [-0.39, 0.29) is 11.1 Å². The van der Waals surface area contributed by atoms with Crippen LogP contribution < -0.4 is 4.90 Å². The maximum absolute atomic E-state index is 12.1. The van der Waals surface area contributed by atoms with Gasteiger partial charge in [-0.1, -0.05) is 29.8 Å². The number of rotatable bonds is 3. The largest absolute Gasteiger partial charge is 0.322 e. The van der Waals surface area contributed by atoms with Gasteiger partial charge in [0.15, 0.2) is 6.67 Å². The molecule has 0 bridgehead atoms. The molecule has 1 aromatic rings. The highest BCUT2D eigenvalue weighted by atomic mass is 32.2. The Labute approximate surface area is 117 Å². The summed E-state index contributed by atoms with van der Waals surface area (Å²) in [4.78, 5) is 26.8. The molecule has 1 N–H and O–H groups in total. The molecule has 5 heteroatoms. The van der Waals surface area contributed by atoms with Gasteiger partial charge in [-0.15, -0.1) is 0 Å². The number of quaternary nitrogens is 1. The SMILES string of the molecule is Cc1cccc(/C=C2/SC(=O)N(C[NH+](C)C)C2=O)c1. The molecule has 1 saturated heterocycles. The van der Waals surface area contributed by atoms with Crippen LogP contribution in [0, 0.1) is 6.92 Å². The number of nitrogens with zero attached hydrogens (tertiary/aromatic N) is 1. The quantitative estimate of drug-likeness (QED) is 0.842. The summed E-state index contributed by atoms with van der Waals surface area (Å²) < 4.78 is 0. The van der Waals surface area contributed by atoms with E-state index in [0.29, 0.717) is 11.6 Å². The fourth-order valence-corrected chi connectivity index (χ4v) is 2.70. The van der Waals surface area contributed by atoms with Crippen LogP contribution in [0.3, 0.4) is 0 Å². The smallest absolute Gasteiger partial charge is 0.298 e. The first-order valence-electron chi connectivity index (χ1n) is 6.08. The zero-order valence-electron chi connectivity index (χ0n) is 11.3. The summed E-state index contributed by atoms with van der Waals surface area (Å²) in [6, 6.07) is 7.86. The Balaban J connectivity index is 2.23. The Morgan fingerprint density at radius 2 is 2.05 bits per heavy atom. The van der Waals surface area contributed by atoms with Crippen LogP contribution in [0.15, 0.2) is 29.2 Å². The van der Waals surface area contributed by atoms with Gasteiger partial charge in [0.2, 0.25) is 0 Å².